The lowest BCUT2D eigenvalue weighted by atomic mass is 10.3. The van der Waals surface area contributed by atoms with Gasteiger partial charge in [0.15, 0.2) is 0 Å². The molecule has 0 radical (unpaired) electrons. The summed E-state index contributed by atoms with van der Waals surface area (Å²) < 4.78 is 17.8. The van der Waals surface area contributed by atoms with Gasteiger partial charge < -0.3 is 4.74 Å². The Balaban J connectivity index is 2.24. The highest BCUT2D eigenvalue weighted by Crippen LogP contribution is 2.28. The molecule has 0 saturated carbocycles. The first-order chi connectivity index (χ1) is 9.20. The third-order valence-electron chi connectivity index (χ3n) is 2.29. The summed E-state index contributed by atoms with van der Waals surface area (Å²) in [6.45, 7) is 2.06. The fourth-order valence-corrected chi connectivity index (χ4v) is 2.32. The van der Waals surface area contributed by atoms with E-state index in [0.29, 0.717) is 17.2 Å². The van der Waals surface area contributed by atoms with E-state index in [4.69, 9.17) is 4.74 Å². The van der Waals surface area contributed by atoms with Crippen molar-refractivity contribution in [3.63, 3.8) is 0 Å². The first kappa shape index (κ1) is 13.5. The summed E-state index contributed by atoms with van der Waals surface area (Å²) in [5, 5.41) is 0.549. The van der Waals surface area contributed by atoms with E-state index in [1.807, 2.05) is 0 Å². The maximum absolute atomic E-state index is 12.8. The zero-order valence-corrected chi connectivity index (χ0v) is 11.1. The average Bonchev–Trinajstić information content (AvgIpc) is 2.42. The molecule has 0 aliphatic heterocycles. The number of halogens is 1. The minimum Gasteiger partial charge on any atom is -0.462 e. The Bertz CT molecular complexity index is 572. The van der Waals surface area contributed by atoms with Crippen molar-refractivity contribution in [2.45, 2.75) is 16.8 Å². The molecule has 98 valence electrons. The largest absolute Gasteiger partial charge is 0.462 e. The van der Waals surface area contributed by atoms with E-state index >= 15 is 0 Å². The number of esters is 1. The topological polar surface area (TPSA) is 39.2 Å². The minimum absolute atomic E-state index is 0.295. The van der Waals surface area contributed by atoms with Crippen LogP contribution in [0.5, 0.6) is 0 Å². The first-order valence-corrected chi connectivity index (χ1v) is 6.58. The molecule has 19 heavy (non-hydrogen) atoms. The lowest BCUT2D eigenvalue weighted by Gasteiger charge is -2.07. The second kappa shape index (κ2) is 6.33. The van der Waals surface area contributed by atoms with Crippen molar-refractivity contribution < 1.29 is 13.9 Å². The monoisotopic (exact) mass is 277 g/mol. The SMILES string of the molecule is CCOC(=O)c1cccnc1Sc1ccc(F)cc1. The number of pyridine rings is 1. The molecule has 0 atom stereocenters. The van der Waals surface area contributed by atoms with Crippen molar-refractivity contribution in [2.24, 2.45) is 0 Å². The normalized spacial score (nSPS) is 10.2. The Morgan fingerprint density at radius 3 is 2.74 bits per heavy atom. The molecule has 0 aliphatic rings. The summed E-state index contributed by atoms with van der Waals surface area (Å²) in [7, 11) is 0. The smallest absolute Gasteiger partial charge is 0.340 e. The van der Waals surface area contributed by atoms with Crippen LogP contribution in [0.2, 0.25) is 0 Å². The molecule has 0 spiro atoms. The maximum Gasteiger partial charge on any atom is 0.340 e. The number of hydrogen-bond donors (Lipinski definition) is 0. The zero-order chi connectivity index (χ0) is 13.7. The lowest BCUT2D eigenvalue weighted by Crippen LogP contribution is -2.06. The third-order valence-corrected chi connectivity index (χ3v) is 3.32. The van der Waals surface area contributed by atoms with Crippen molar-refractivity contribution in [3.8, 4) is 0 Å². The predicted octanol–water partition coefficient (Wildman–Crippen LogP) is 3.55. The van der Waals surface area contributed by atoms with Crippen LogP contribution in [0.25, 0.3) is 0 Å². The highest BCUT2D eigenvalue weighted by molar-refractivity contribution is 7.99. The molecular weight excluding hydrogens is 265 g/mol. The zero-order valence-electron chi connectivity index (χ0n) is 10.3. The number of ether oxygens (including phenoxy) is 1. The van der Waals surface area contributed by atoms with E-state index in [1.165, 1.54) is 23.9 Å². The highest BCUT2D eigenvalue weighted by Gasteiger charge is 2.14. The van der Waals surface area contributed by atoms with E-state index in [-0.39, 0.29) is 5.82 Å². The van der Waals surface area contributed by atoms with Crippen LogP contribution in [-0.2, 0) is 4.74 Å². The van der Waals surface area contributed by atoms with Gasteiger partial charge in [-0.2, -0.15) is 0 Å². The second-order valence-electron chi connectivity index (χ2n) is 3.63. The summed E-state index contributed by atoms with van der Waals surface area (Å²) in [5.74, 6) is -0.698. The van der Waals surface area contributed by atoms with Crippen LogP contribution in [0.15, 0.2) is 52.5 Å². The van der Waals surface area contributed by atoms with E-state index in [2.05, 4.69) is 4.98 Å². The van der Waals surface area contributed by atoms with Crippen molar-refractivity contribution in [1.82, 2.24) is 4.98 Å². The van der Waals surface area contributed by atoms with Gasteiger partial charge in [0.05, 0.1) is 12.2 Å². The number of nitrogens with zero attached hydrogens (tertiary/aromatic N) is 1. The Kier molecular flexibility index (Phi) is 4.52. The van der Waals surface area contributed by atoms with Gasteiger partial charge in [-0.15, -0.1) is 0 Å². The number of rotatable bonds is 4. The van der Waals surface area contributed by atoms with Crippen molar-refractivity contribution in [2.75, 3.05) is 6.61 Å². The van der Waals surface area contributed by atoms with Gasteiger partial charge in [-0.25, -0.2) is 14.2 Å². The van der Waals surface area contributed by atoms with Crippen molar-refractivity contribution >= 4 is 17.7 Å². The van der Waals surface area contributed by atoms with Gasteiger partial charge in [-0.3, -0.25) is 0 Å². The molecule has 1 heterocycles. The molecule has 2 rings (SSSR count). The van der Waals surface area contributed by atoms with Gasteiger partial charge in [0.1, 0.15) is 10.8 Å². The molecule has 0 fully saturated rings. The molecule has 1 aromatic heterocycles. The van der Waals surface area contributed by atoms with Crippen LogP contribution in [0.3, 0.4) is 0 Å². The molecule has 0 amide bonds. The molecule has 0 N–H and O–H groups in total. The molecule has 1 aromatic carbocycles. The number of carbonyl (C=O) groups is 1. The van der Waals surface area contributed by atoms with Gasteiger partial charge in [-0.1, -0.05) is 11.8 Å². The van der Waals surface area contributed by atoms with Gasteiger partial charge >= 0.3 is 5.97 Å². The summed E-state index contributed by atoms with van der Waals surface area (Å²) in [6, 6.07) is 9.37. The summed E-state index contributed by atoms with van der Waals surface area (Å²) >= 11 is 1.30. The molecular formula is C14H12FNO2S. The van der Waals surface area contributed by atoms with Crippen LogP contribution in [0.1, 0.15) is 17.3 Å². The standard InChI is InChI=1S/C14H12FNO2S/c1-2-18-14(17)12-4-3-9-16-13(12)19-11-7-5-10(15)6-8-11/h3-9H,2H2,1H3. The molecule has 0 unspecified atom stereocenters. The van der Waals surface area contributed by atoms with Crippen LogP contribution in [0.4, 0.5) is 4.39 Å². The highest BCUT2D eigenvalue weighted by atomic mass is 32.2. The van der Waals surface area contributed by atoms with E-state index in [0.717, 1.165) is 4.90 Å². The van der Waals surface area contributed by atoms with Crippen molar-refractivity contribution in [3.05, 3.63) is 54.0 Å². The fourth-order valence-electron chi connectivity index (χ4n) is 1.45. The molecule has 0 saturated heterocycles. The molecule has 2 aromatic rings. The quantitative estimate of drug-likeness (QED) is 0.801. The van der Waals surface area contributed by atoms with Crippen LogP contribution >= 0.6 is 11.8 Å². The Hall–Kier alpha value is -1.88. The Labute approximate surface area is 114 Å². The minimum atomic E-state index is -0.403. The molecule has 5 heteroatoms. The fraction of sp³-hybridized carbons (Fsp3) is 0.143. The van der Waals surface area contributed by atoms with Crippen LogP contribution < -0.4 is 0 Å². The Morgan fingerprint density at radius 2 is 2.05 bits per heavy atom. The van der Waals surface area contributed by atoms with E-state index in [9.17, 15) is 9.18 Å². The van der Waals surface area contributed by atoms with Crippen molar-refractivity contribution in [1.29, 1.82) is 0 Å². The molecule has 0 bridgehead atoms. The third kappa shape index (κ3) is 3.54. The average molecular weight is 277 g/mol. The number of hydrogen-bond acceptors (Lipinski definition) is 4. The van der Waals surface area contributed by atoms with Gasteiger partial charge in [0.2, 0.25) is 0 Å². The maximum atomic E-state index is 12.8. The van der Waals surface area contributed by atoms with E-state index in [1.54, 1.807) is 37.4 Å². The second-order valence-corrected chi connectivity index (χ2v) is 4.69. The number of aromatic nitrogens is 1. The van der Waals surface area contributed by atoms with E-state index < -0.39 is 5.97 Å². The summed E-state index contributed by atoms with van der Waals surface area (Å²) in [5.41, 5.74) is 0.415. The van der Waals surface area contributed by atoms with Crippen LogP contribution in [0, 0.1) is 5.82 Å². The number of carbonyl (C=O) groups excluding carboxylic acids is 1. The number of benzene rings is 1. The first-order valence-electron chi connectivity index (χ1n) is 5.76. The van der Waals surface area contributed by atoms with Crippen LogP contribution in [-0.4, -0.2) is 17.6 Å². The van der Waals surface area contributed by atoms with Gasteiger partial charge in [-0.05, 0) is 43.3 Å². The molecule has 0 aliphatic carbocycles. The van der Waals surface area contributed by atoms with Gasteiger partial charge in [0.25, 0.3) is 0 Å². The Morgan fingerprint density at radius 1 is 1.32 bits per heavy atom. The predicted molar refractivity (Wildman–Crippen MR) is 70.7 cm³/mol. The lowest BCUT2D eigenvalue weighted by molar-refractivity contribution is 0.0521. The summed E-state index contributed by atoms with van der Waals surface area (Å²) in [6.07, 6.45) is 1.61. The summed E-state index contributed by atoms with van der Waals surface area (Å²) in [4.78, 5) is 16.8. The molecule has 3 nitrogen and oxygen atoms in total. The van der Waals surface area contributed by atoms with Gasteiger partial charge in [0, 0.05) is 11.1 Å².